The van der Waals surface area contributed by atoms with Gasteiger partial charge < -0.3 is 0 Å². The van der Waals surface area contributed by atoms with E-state index in [2.05, 4.69) is 0 Å². The lowest BCUT2D eigenvalue weighted by Gasteiger charge is -2.05. The molecule has 0 spiro atoms. The van der Waals surface area contributed by atoms with Crippen molar-refractivity contribution in [2.75, 3.05) is 5.88 Å². The third-order valence-electron chi connectivity index (χ3n) is 8.81. The highest BCUT2D eigenvalue weighted by Crippen LogP contribution is 2.17. The minimum absolute atomic E-state index is 0.844. The Hall–Kier alpha value is 1.09. The van der Waals surface area contributed by atoms with Gasteiger partial charge in [0.05, 0.1) is 0 Å². The summed E-state index contributed by atoms with van der Waals surface area (Å²) in [7, 11) is -1.34. The van der Waals surface area contributed by atoms with Crippen LogP contribution in [0.1, 0.15) is 218 Å². The molecule has 0 aliphatic rings. The molecule has 0 aromatic carbocycles. The van der Waals surface area contributed by atoms with Crippen LogP contribution in [0.25, 0.3) is 0 Å². The van der Waals surface area contributed by atoms with Crippen LogP contribution in [0.5, 0.6) is 0 Å². The zero-order valence-corrected chi connectivity index (χ0v) is 30.6. The van der Waals surface area contributed by atoms with Gasteiger partial charge in [-0.25, -0.2) is 0 Å². The molecule has 0 aromatic rings. The van der Waals surface area contributed by atoms with Crippen molar-refractivity contribution in [3.63, 3.8) is 0 Å². The van der Waals surface area contributed by atoms with Crippen LogP contribution in [0.3, 0.4) is 0 Å². The number of hydrogen-bond acceptors (Lipinski definition) is 0. The Morgan fingerprint density at radius 3 is 0.525 bits per heavy atom. The molecule has 40 heavy (non-hydrogen) atoms. The second-order valence-electron chi connectivity index (χ2n) is 12.9. The maximum absolute atomic E-state index is 5.91. The van der Waals surface area contributed by atoms with Gasteiger partial charge in [-0.2, -0.15) is 22.2 Å². The summed E-state index contributed by atoms with van der Waals surface area (Å²) in [6, 6.07) is 1.10. The van der Waals surface area contributed by atoms with Crippen LogP contribution in [0.4, 0.5) is 0 Å². The zero-order chi connectivity index (χ0) is 29.0. The predicted octanol–water partition coefficient (Wildman–Crippen LogP) is 15.2. The van der Waals surface area contributed by atoms with Crippen LogP contribution >= 0.6 is 33.8 Å². The lowest BCUT2D eigenvalue weighted by Crippen LogP contribution is -1.91. The molecule has 0 rings (SSSR count). The lowest BCUT2D eigenvalue weighted by atomic mass is 10.0. The second-order valence-corrected chi connectivity index (χ2v) is 18.5. The molecular formula is C36H73Cl3Si. The van der Waals surface area contributed by atoms with E-state index < -0.39 is 7.42 Å². The molecule has 0 radical (unpaired) electrons. The first kappa shape index (κ1) is 41.1. The molecule has 0 aromatic heterocycles. The Kier molecular flexibility index (Phi) is 39.1. The first-order valence-electron chi connectivity index (χ1n) is 18.6. The molecule has 0 unspecified atom stereocenters. The summed E-state index contributed by atoms with van der Waals surface area (Å²) >= 11 is 17.5. The van der Waals surface area contributed by atoms with Gasteiger partial charge in [0.15, 0.2) is 0 Å². The SMILES string of the molecule is ClCCCCCCCCCCCCCCCCCCCCCCCCCCCCCCCCCCCC[SiH](Cl)Cl. The molecule has 0 amide bonds. The average molecular weight is 640 g/mol. The summed E-state index contributed by atoms with van der Waals surface area (Å²) < 4.78 is 0. The van der Waals surface area contributed by atoms with E-state index in [0.717, 1.165) is 11.9 Å². The maximum Gasteiger partial charge on any atom is 0.237 e. The van der Waals surface area contributed by atoms with Gasteiger partial charge in [0.1, 0.15) is 0 Å². The van der Waals surface area contributed by atoms with Crippen molar-refractivity contribution in [3.8, 4) is 0 Å². The van der Waals surface area contributed by atoms with Gasteiger partial charge in [-0.15, -0.1) is 11.6 Å². The molecule has 242 valence electrons. The molecule has 0 saturated heterocycles. The standard InChI is InChI=1S/C36H73Cl3Si/c37-35-33-31-29-27-25-23-21-19-17-15-13-11-9-7-5-3-1-2-4-6-8-10-12-14-16-18-20-22-24-26-28-30-32-34-36-40(38)39/h40H,1-36H2. The third kappa shape index (κ3) is 39.1. The number of halogens is 3. The Bertz CT molecular complexity index is 432. The van der Waals surface area contributed by atoms with Crippen molar-refractivity contribution in [3.05, 3.63) is 0 Å². The molecule has 0 atom stereocenters. The van der Waals surface area contributed by atoms with Crippen molar-refractivity contribution >= 4 is 41.2 Å². The van der Waals surface area contributed by atoms with E-state index in [0.29, 0.717) is 0 Å². The molecule has 0 heterocycles. The van der Waals surface area contributed by atoms with E-state index in [1.54, 1.807) is 0 Å². The minimum atomic E-state index is -1.34. The van der Waals surface area contributed by atoms with E-state index in [4.69, 9.17) is 33.8 Å². The van der Waals surface area contributed by atoms with E-state index in [1.165, 1.54) is 218 Å². The maximum atomic E-state index is 5.91. The van der Waals surface area contributed by atoms with Crippen LogP contribution in [0, 0.1) is 0 Å². The van der Waals surface area contributed by atoms with Gasteiger partial charge in [-0.05, 0) is 12.5 Å². The summed E-state index contributed by atoms with van der Waals surface area (Å²) in [5.74, 6) is 0.844. The van der Waals surface area contributed by atoms with E-state index in [-0.39, 0.29) is 0 Å². The van der Waals surface area contributed by atoms with Crippen molar-refractivity contribution in [1.29, 1.82) is 0 Å². The normalized spacial score (nSPS) is 11.7. The summed E-state index contributed by atoms with van der Waals surface area (Å²) in [6.45, 7) is 0. The van der Waals surface area contributed by atoms with Gasteiger partial charge in [0.25, 0.3) is 0 Å². The molecule has 0 aliphatic carbocycles. The highest BCUT2D eigenvalue weighted by molar-refractivity contribution is 7.33. The number of rotatable bonds is 36. The van der Waals surface area contributed by atoms with Gasteiger partial charge in [-0.3, -0.25) is 0 Å². The van der Waals surface area contributed by atoms with Crippen LogP contribution in [-0.4, -0.2) is 13.3 Å². The molecule has 0 aliphatic heterocycles. The van der Waals surface area contributed by atoms with Crippen LogP contribution in [-0.2, 0) is 0 Å². The number of unbranched alkanes of at least 4 members (excludes halogenated alkanes) is 33. The summed E-state index contributed by atoms with van der Waals surface area (Å²) in [4.78, 5) is 0. The Labute approximate surface area is 270 Å². The fraction of sp³-hybridized carbons (Fsp3) is 1.00. The molecule has 0 N–H and O–H groups in total. The van der Waals surface area contributed by atoms with Crippen molar-refractivity contribution in [2.45, 2.75) is 224 Å². The monoisotopic (exact) mass is 638 g/mol. The van der Waals surface area contributed by atoms with Gasteiger partial charge in [0, 0.05) is 5.88 Å². The van der Waals surface area contributed by atoms with Crippen LogP contribution in [0.15, 0.2) is 0 Å². The summed E-state index contributed by atoms with van der Waals surface area (Å²) in [5.41, 5.74) is 0. The molecule has 4 heteroatoms. The predicted molar refractivity (Wildman–Crippen MR) is 191 cm³/mol. The van der Waals surface area contributed by atoms with Crippen molar-refractivity contribution in [2.24, 2.45) is 0 Å². The van der Waals surface area contributed by atoms with Crippen LogP contribution in [0.2, 0.25) is 6.04 Å². The zero-order valence-electron chi connectivity index (χ0n) is 27.2. The lowest BCUT2D eigenvalue weighted by molar-refractivity contribution is 0.511. The highest BCUT2D eigenvalue weighted by atomic mass is 35.7. The third-order valence-corrected chi connectivity index (χ3v) is 11.2. The number of hydrogen-bond donors (Lipinski definition) is 0. The second kappa shape index (κ2) is 38.1. The Balaban J connectivity index is 3.02. The Morgan fingerprint density at radius 1 is 0.225 bits per heavy atom. The van der Waals surface area contributed by atoms with E-state index >= 15 is 0 Å². The first-order valence-corrected chi connectivity index (χ1v) is 23.5. The van der Waals surface area contributed by atoms with Crippen molar-refractivity contribution < 1.29 is 0 Å². The average Bonchev–Trinajstić information content (AvgIpc) is 2.95. The minimum Gasteiger partial charge on any atom is -0.150 e. The fourth-order valence-electron chi connectivity index (χ4n) is 6.05. The molecule has 0 bridgehead atoms. The molecule has 0 fully saturated rings. The Morgan fingerprint density at radius 2 is 0.375 bits per heavy atom. The summed E-state index contributed by atoms with van der Waals surface area (Å²) in [6.07, 6.45) is 49.0. The molecule has 0 saturated carbocycles. The first-order chi connectivity index (χ1) is 19.8. The van der Waals surface area contributed by atoms with Crippen molar-refractivity contribution in [1.82, 2.24) is 0 Å². The fourth-order valence-corrected chi connectivity index (χ4v) is 7.76. The molecular weight excluding hydrogens is 567 g/mol. The highest BCUT2D eigenvalue weighted by Gasteiger charge is 2.01. The summed E-state index contributed by atoms with van der Waals surface area (Å²) in [5, 5.41) is 0. The van der Waals surface area contributed by atoms with E-state index in [9.17, 15) is 0 Å². The van der Waals surface area contributed by atoms with Crippen LogP contribution < -0.4 is 0 Å². The quantitative estimate of drug-likeness (QED) is 0.0277. The smallest absolute Gasteiger partial charge is 0.150 e. The topological polar surface area (TPSA) is 0 Å². The molecule has 0 nitrogen and oxygen atoms in total. The largest absolute Gasteiger partial charge is 0.237 e. The number of alkyl halides is 1. The van der Waals surface area contributed by atoms with Gasteiger partial charge >= 0.3 is 0 Å². The van der Waals surface area contributed by atoms with E-state index in [1.807, 2.05) is 0 Å². The van der Waals surface area contributed by atoms with Gasteiger partial charge in [-0.1, -0.05) is 212 Å². The van der Waals surface area contributed by atoms with Gasteiger partial charge in [0.2, 0.25) is 7.42 Å².